The number of nitriles is 1. The first-order valence-corrected chi connectivity index (χ1v) is 7.01. The summed E-state index contributed by atoms with van der Waals surface area (Å²) >= 11 is 0. The number of methoxy groups -OCH3 is 1. The Bertz CT molecular complexity index is 641. The SMILES string of the molecule is COc1ccc([C@@H](C)NCc2ccc(C#N)cc2C)cc1. The fourth-order valence-electron chi connectivity index (χ4n) is 2.24. The van der Waals surface area contributed by atoms with Gasteiger partial charge in [0.1, 0.15) is 5.75 Å². The quantitative estimate of drug-likeness (QED) is 0.907. The van der Waals surface area contributed by atoms with Crippen LogP contribution in [-0.4, -0.2) is 7.11 Å². The molecule has 3 nitrogen and oxygen atoms in total. The molecule has 0 unspecified atom stereocenters. The van der Waals surface area contributed by atoms with Crippen LogP contribution in [0.25, 0.3) is 0 Å². The van der Waals surface area contributed by atoms with Crippen LogP contribution in [0.1, 0.15) is 35.2 Å². The van der Waals surface area contributed by atoms with Gasteiger partial charge in [-0.3, -0.25) is 0 Å². The average molecular weight is 280 g/mol. The van der Waals surface area contributed by atoms with Crippen molar-refractivity contribution in [2.75, 3.05) is 7.11 Å². The minimum absolute atomic E-state index is 0.256. The summed E-state index contributed by atoms with van der Waals surface area (Å²) in [6.07, 6.45) is 0. The lowest BCUT2D eigenvalue weighted by atomic mass is 10.0. The Morgan fingerprint density at radius 1 is 1.19 bits per heavy atom. The smallest absolute Gasteiger partial charge is 0.118 e. The molecule has 2 rings (SSSR count). The summed E-state index contributed by atoms with van der Waals surface area (Å²) in [5, 5.41) is 12.4. The van der Waals surface area contributed by atoms with E-state index in [-0.39, 0.29) is 6.04 Å². The van der Waals surface area contributed by atoms with Gasteiger partial charge in [0, 0.05) is 12.6 Å². The zero-order chi connectivity index (χ0) is 15.2. The number of nitrogens with one attached hydrogen (secondary N) is 1. The number of aryl methyl sites for hydroxylation is 1. The first kappa shape index (κ1) is 15.1. The molecule has 1 atom stereocenters. The molecule has 3 heteroatoms. The van der Waals surface area contributed by atoms with Crippen LogP contribution in [0.15, 0.2) is 42.5 Å². The van der Waals surface area contributed by atoms with Gasteiger partial charge in [-0.2, -0.15) is 5.26 Å². The topological polar surface area (TPSA) is 45.0 Å². The molecular weight excluding hydrogens is 260 g/mol. The summed E-state index contributed by atoms with van der Waals surface area (Å²) in [4.78, 5) is 0. The molecule has 21 heavy (non-hydrogen) atoms. The van der Waals surface area contributed by atoms with Gasteiger partial charge in [-0.25, -0.2) is 0 Å². The van der Waals surface area contributed by atoms with E-state index in [9.17, 15) is 0 Å². The van der Waals surface area contributed by atoms with Gasteiger partial charge < -0.3 is 10.1 Å². The summed E-state index contributed by atoms with van der Waals surface area (Å²) in [6, 6.07) is 16.3. The number of hydrogen-bond donors (Lipinski definition) is 1. The van der Waals surface area contributed by atoms with Crippen molar-refractivity contribution in [2.24, 2.45) is 0 Å². The Hall–Kier alpha value is -2.31. The molecule has 2 aromatic rings. The van der Waals surface area contributed by atoms with Crippen molar-refractivity contribution in [3.05, 3.63) is 64.7 Å². The molecule has 0 saturated heterocycles. The fraction of sp³-hybridized carbons (Fsp3) is 0.278. The third-order valence-electron chi connectivity index (χ3n) is 3.69. The van der Waals surface area contributed by atoms with Gasteiger partial charge in [-0.1, -0.05) is 18.2 Å². The first-order chi connectivity index (χ1) is 10.1. The maximum absolute atomic E-state index is 8.89. The van der Waals surface area contributed by atoms with Crippen LogP contribution in [0.2, 0.25) is 0 Å². The number of hydrogen-bond acceptors (Lipinski definition) is 3. The Kier molecular flexibility index (Phi) is 4.97. The zero-order valence-electron chi connectivity index (χ0n) is 12.7. The van der Waals surface area contributed by atoms with Crippen LogP contribution >= 0.6 is 0 Å². The number of nitrogens with zero attached hydrogens (tertiary/aromatic N) is 1. The molecule has 0 fully saturated rings. The van der Waals surface area contributed by atoms with Crippen molar-refractivity contribution < 1.29 is 4.74 Å². The standard InChI is InChI=1S/C18H20N2O/c1-13-10-15(11-19)4-5-17(13)12-20-14(2)16-6-8-18(21-3)9-7-16/h4-10,14,20H,12H2,1-3H3/t14-/m1/s1. The van der Waals surface area contributed by atoms with Gasteiger partial charge in [0.05, 0.1) is 18.7 Å². The van der Waals surface area contributed by atoms with E-state index in [1.807, 2.05) is 37.3 Å². The van der Waals surface area contributed by atoms with Crippen LogP contribution in [0.4, 0.5) is 0 Å². The van der Waals surface area contributed by atoms with E-state index in [2.05, 4.69) is 30.4 Å². The highest BCUT2D eigenvalue weighted by atomic mass is 16.5. The fourth-order valence-corrected chi connectivity index (χ4v) is 2.24. The lowest BCUT2D eigenvalue weighted by Crippen LogP contribution is -2.18. The number of rotatable bonds is 5. The van der Waals surface area contributed by atoms with Crippen molar-refractivity contribution in [1.29, 1.82) is 5.26 Å². The summed E-state index contributed by atoms with van der Waals surface area (Å²) < 4.78 is 5.17. The third kappa shape index (κ3) is 3.84. The summed E-state index contributed by atoms with van der Waals surface area (Å²) in [5.74, 6) is 0.869. The molecule has 0 bridgehead atoms. The van der Waals surface area contributed by atoms with Gasteiger partial charge in [0.25, 0.3) is 0 Å². The maximum atomic E-state index is 8.89. The second-order valence-corrected chi connectivity index (χ2v) is 5.13. The predicted octanol–water partition coefficient (Wildman–Crippen LogP) is 3.73. The Morgan fingerprint density at radius 3 is 2.48 bits per heavy atom. The van der Waals surface area contributed by atoms with Crippen LogP contribution in [0.3, 0.4) is 0 Å². The van der Waals surface area contributed by atoms with Gasteiger partial charge in [0.2, 0.25) is 0 Å². The van der Waals surface area contributed by atoms with Crippen molar-refractivity contribution >= 4 is 0 Å². The third-order valence-corrected chi connectivity index (χ3v) is 3.69. The Morgan fingerprint density at radius 2 is 1.90 bits per heavy atom. The molecule has 1 N–H and O–H groups in total. The van der Waals surface area contributed by atoms with Gasteiger partial charge in [-0.05, 0) is 54.8 Å². The number of ether oxygens (including phenoxy) is 1. The van der Waals surface area contributed by atoms with Crippen molar-refractivity contribution in [1.82, 2.24) is 5.32 Å². The first-order valence-electron chi connectivity index (χ1n) is 7.01. The lowest BCUT2D eigenvalue weighted by Gasteiger charge is -2.16. The predicted molar refractivity (Wildman–Crippen MR) is 84.1 cm³/mol. The molecule has 0 radical (unpaired) electrons. The molecule has 0 heterocycles. The largest absolute Gasteiger partial charge is 0.497 e. The second-order valence-electron chi connectivity index (χ2n) is 5.13. The second kappa shape index (κ2) is 6.92. The highest BCUT2D eigenvalue weighted by Gasteiger charge is 2.06. The molecule has 0 aliphatic heterocycles. The molecule has 2 aromatic carbocycles. The Labute approximate surface area is 126 Å². The molecule has 108 valence electrons. The molecular formula is C18H20N2O. The number of benzene rings is 2. The molecule has 0 aliphatic carbocycles. The van der Waals surface area contributed by atoms with E-state index in [0.717, 1.165) is 17.9 Å². The molecule has 0 aromatic heterocycles. The minimum atomic E-state index is 0.256. The zero-order valence-corrected chi connectivity index (χ0v) is 12.7. The summed E-state index contributed by atoms with van der Waals surface area (Å²) in [6.45, 7) is 4.96. The van der Waals surface area contributed by atoms with E-state index >= 15 is 0 Å². The van der Waals surface area contributed by atoms with E-state index in [0.29, 0.717) is 5.56 Å². The highest BCUT2D eigenvalue weighted by molar-refractivity contribution is 5.37. The normalized spacial score (nSPS) is 11.7. The minimum Gasteiger partial charge on any atom is -0.497 e. The molecule has 0 aliphatic rings. The van der Waals surface area contributed by atoms with Crippen molar-refractivity contribution in [3.63, 3.8) is 0 Å². The molecule has 0 amide bonds. The summed E-state index contributed by atoms with van der Waals surface area (Å²) in [5.41, 5.74) is 4.29. The molecule has 0 spiro atoms. The van der Waals surface area contributed by atoms with Gasteiger partial charge in [-0.15, -0.1) is 0 Å². The van der Waals surface area contributed by atoms with E-state index < -0.39 is 0 Å². The lowest BCUT2D eigenvalue weighted by molar-refractivity contribution is 0.414. The monoisotopic (exact) mass is 280 g/mol. The van der Waals surface area contributed by atoms with Crippen molar-refractivity contribution in [2.45, 2.75) is 26.4 Å². The van der Waals surface area contributed by atoms with E-state index in [1.54, 1.807) is 7.11 Å². The van der Waals surface area contributed by atoms with Crippen LogP contribution in [0.5, 0.6) is 5.75 Å². The average Bonchev–Trinajstić information content (AvgIpc) is 2.53. The van der Waals surface area contributed by atoms with Crippen molar-refractivity contribution in [3.8, 4) is 11.8 Å². The summed E-state index contributed by atoms with van der Waals surface area (Å²) in [7, 11) is 1.67. The van der Waals surface area contributed by atoms with Crippen LogP contribution < -0.4 is 10.1 Å². The molecule has 0 saturated carbocycles. The highest BCUT2D eigenvalue weighted by Crippen LogP contribution is 2.18. The van der Waals surface area contributed by atoms with Crippen LogP contribution in [0, 0.1) is 18.3 Å². The Balaban J connectivity index is 2.00. The van der Waals surface area contributed by atoms with Gasteiger partial charge >= 0.3 is 0 Å². The van der Waals surface area contributed by atoms with Crippen LogP contribution in [-0.2, 0) is 6.54 Å². The maximum Gasteiger partial charge on any atom is 0.118 e. The van der Waals surface area contributed by atoms with E-state index in [1.165, 1.54) is 11.1 Å². The van der Waals surface area contributed by atoms with E-state index in [4.69, 9.17) is 10.00 Å². The van der Waals surface area contributed by atoms with Gasteiger partial charge in [0.15, 0.2) is 0 Å².